The molecule has 0 bridgehead atoms. The molecule has 1 saturated heterocycles. The minimum atomic E-state index is 0.0370. The van der Waals surface area contributed by atoms with Crippen molar-refractivity contribution in [1.82, 2.24) is 10.4 Å². The van der Waals surface area contributed by atoms with Crippen molar-refractivity contribution in [2.24, 2.45) is 0 Å². The van der Waals surface area contributed by atoms with Crippen molar-refractivity contribution >= 4 is 23.2 Å². The van der Waals surface area contributed by atoms with Gasteiger partial charge in [-0.1, -0.05) is 11.6 Å². The Kier molecular flexibility index (Phi) is 2.06. The van der Waals surface area contributed by atoms with Gasteiger partial charge in [-0.05, 0) is 12.1 Å². The van der Waals surface area contributed by atoms with Gasteiger partial charge in [0.1, 0.15) is 5.15 Å². The van der Waals surface area contributed by atoms with Crippen molar-refractivity contribution in [3.05, 3.63) is 23.5 Å². The average Bonchev–Trinajstić information content (AvgIpc) is 2.53. The Morgan fingerprint density at radius 1 is 1.54 bits per heavy atom. The summed E-state index contributed by atoms with van der Waals surface area (Å²) in [5, 5.41) is 2.21. The summed E-state index contributed by atoms with van der Waals surface area (Å²) < 4.78 is 0. The van der Waals surface area contributed by atoms with Crippen molar-refractivity contribution in [1.29, 1.82) is 0 Å². The topological polar surface area (TPSA) is 45.2 Å². The molecule has 1 aliphatic rings. The predicted molar refractivity (Wildman–Crippen MR) is 49.4 cm³/mol. The summed E-state index contributed by atoms with van der Waals surface area (Å²) in [6.07, 6.45) is 2.16. The lowest BCUT2D eigenvalue weighted by atomic mass is 10.4. The van der Waals surface area contributed by atoms with Crippen LogP contribution in [0.2, 0.25) is 5.15 Å². The number of hydrogen-bond donors (Lipinski definition) is 1. The molecule has 1 fully saturated rings. The number of halogens is 1. The Labute approximate surface area is 80.5 Å². The molecule has 13 heavy (non-hydrogen) atoms. The Morgan fingerprint density at radius 2 is 2.38 bits per heavy atom. The molecule has 0 atom stereocenters. The number of nitrogens with zero attached hydrogens (tertiary/aromatic N) is 2. The second-order valence-corrected chi connectivity index (χ2v) is 3.16. The number of amides is 1. The highest BCUT2D eigenvalue weighted by Crippen LogP contribution is 2.15. The van der Waals surface area contributed by atoms with E-state index in [0.717, 1.165) is 5.69 Å². The van der Waals surface area contributed by atoms with Crippen molar-refractivity contribution in [3.63, 3.8) is 0 Å². The van der Waals surface area contributed by atoms with Crippen LogP contribution >= 0.6 is 11.6 Å². The van der Waals surface area contributed by atoms with E-state index in [2.05, 4.69) is 10.4 Å². The first-order valence-electron chi connectivity index (χ1n) is 3.94. The lowest BCUT2D eigenvalue weighted by molar-refractivity contribution is -0.119. The van der Waals surface area contributed by atoms with Crippen molar-refractivity contribution in [2.75, 3.05) is 11.6 Å². The molecular formula is C8H8ClN3O. The molecule has 0 saturated carbocycles. The smallest absolute Gasteiger partial charge is 0.240 e. The summed E-state index contributed by atoms with van der Waals surface area (Å²) in [4.78, 5) is 14.8. The molecule has 2 rings (SSSR count). The maximum atomic E-state index is 10.9. The van der Waals surface area contributed by atoms with Gasteiger partial charge in [0.15, 0.2) is 0 Å². The largest absolute Gasteiger partial charge is 0.283 e. The van der Waals surface area contributed by atoms with E-state index in [-0.39, 0.29) is 5.91 Å². The molecule has 68 valence electrons. The SMILES string of the molecule is O=C1CCN(c2ccc(Cl)nc2)N1. The van der Waals surface area contributed by atoms with Crippen molar-refractivity contribution in [3.8, 4) is 0 Å². The van der Waals surface area contributed by atoms with E-state index < -0.39 is 0 Å². The summed E-state index contributed by atoms with van der Waals surface area (Å²) in [5.74, 6) is 0.0370. The molecule has 0 aliphatic carbocycles. The quantitative estimate of drug-likeness (QED) is 0.683. The molecular weight excluding hydrogens is 190 g/mol. The summed E-state index contributed by atoms with van der Waals surface area (Å²) in [6, 6.07) is 3.52. The fraction of sp³-hybridized carbons (Fsp3) is 0.250. The lowest BCUT2D eigenvalue weighted by Gasteiger charge is -2.16. The zero-order valence-corrected chi connectivity index (χ0v) is 7.58. The molecule has 1 aromatic rings. The summed E-state index contributed by atoms with van der Waals surface area (Å²) in [5.41, 5.74) is 3.56. The summed E-state index contributed by atoms with van der Waals surface area (Å²) in [7, 11) is 0. The molecule has 4 nitrogen and oxygen atoms in total. The van der Waals surface area contributed by atoms with Crippen LogP contribution in [-0.4, -0.2) is 17.4 Å². The first-order valence-corrected chi connectivity index (χ1v) is 4.32. The average molecular weight is 198 g/mol. The molecule has 1 aliphatic heterocycles. The zero-order valence-electron chi connectivity index (χ0n) is 6.83. The van der Waals surface area contributed by atoms with E-state index in [0.29, 0.717) is 18.1 Å². The lowest BCUT2D eigenvalue weighted by Crippen LogP contribution is -2.32. The third-order valence-corrected chi connectivity index (χ3v) is 2.07. The van der Waals surface area contributed by atoms with Crippen LogP contribution in [0.1, 0.15) is 6.42 Å². The third-order valence-electron chi connectivity index (χ3n) is 1.85. The van der Waals surface area contributed by atoms with Gasteiger partial charge in [0.25, 0.3) is 0 Å². The third kappa shape index (κ3) is 1.72. The second-order valence-electron chi connectivity index (χ2n) is 2.78. The minimum Gasteiger partial charge on any atom is -0.283 e. The fourth-order valence-corrected chi connectivity index (χ4v) is 1.31. The zero-order chi connectivity index (χ0) is 9.26. The summed E-state index contributed by atoms with van der Waals surface area (Å²) in [6.45, 7) is 0.683. The van der Waals surface area contributed by atoms with Crippen LogP contribution in [0.3, 0.4) is 0 Å². The number of anilines is 1. The number of aromatic nitrogens is 1. The maximum absolute atomic E-state index is 10.9. The van der Waals surface area contributed by atoms with Gasteiger partial charge in [0.05, 0.1) is 11.9 Å². The number of hydrazine groups is 1. The molecule has 1 aromatic heterocycles. The van der Waals surface area contributed by atoms with E-state index in [9.17, 15) is 4.79 Å². The Hall–Kier alpha value is -1.29. The van der Waals surface area contributed by atoms with Crippen molar-refractivity contribution in [2.45, 2.75) is 6.42 Å². The van der Waals surface area contributed by atoms with E-state index >= 15 is 0 Å². The molecule has 1 N–H and O–H groups in total. The number of carbonyl (C=O) groups excluding carboxylic acids is 1. The van der Waals surface area contributed by atoms with Gasteiger partial charge in [0.2, 0.25) is 5.91 Å². The first-order chi connectivity index (χ1) is 6.25. The van der Waals surface area contributed by atoms with Crippen LogP contribution < -0.4 is 10.4 Å². The molecule has 5 heteroatoms. The number of nitrogens with one attached hydrogen (secondary N) is 1. The number of pyridine rings is 1. The van der Waals surface area contributed by atoms with Gasteiger partial charge in [-0.15, -0.1) is 0 Å². The highest BCUT2D eigenvalue weighted by molar-refractivity contribution is 6.29. The Morgan fingerprint density at radius 3 is 2.92 bits per heavy atom. The normalized spacial score (nSPS) is 16.1. The van der Waals surface area contributed by atoms with Gasteiger partial charge >= 0.3 is 0 Å². The molecule has 0 radical (unpaired) electrons. The highest BCUT2D eigenvalue weighted by atomic mass is 35.5. The van der Waals surface area contributed by atoms with Gasteiger partial charge in [-0.25, -0.2) is 4.98 Å². The minimum absolute atomic E-state index is 0.0370. The van der Waals surface area contributed by atoms with Crippen LogP contribution in [0.5, 0.6) is 0 Å². The fourth-order valence-electron chi connectivity index (χ4n) is 1.20. The predicted octanol–water partition coefficient (Wildman–Crippen LogP) is 0.976. The first kappa shape index (κ1) is 8.31. The number of rotatable bonds is 1. The number of hydrogen-bond acceptors (Lipinski definition) is 3. The van der Waals surface area contributed by atoms with Crippen LogP contribution in [0.25, 0.3) is 0 Å². The van der Waals surface area contributed by atoms with E-state index in [1.165, 1.54) is 0 Å². The van der Waals surface area contributed by atoms with Gasteiger partial charge < -0.3 is 0 Å². The van der Waals surface area contributed by atoms with Crippen molar-refractivity contribution < 1.29 is 4.79 Å². The Balaban J connectivity index is 2.17. The van der Waals surface area contributed by atoms with Crippen LogP contribution in [0.15, 0.2) is 18.3 Å². The maximum Gasteiger partial charge on any atom is 0.240 e. The Bertz CT molecular complexity index is 325. The molecule has 1 amide bonds. The summed E-state index contributed by atoms with van der Waals surface area (Å²) >= 11 is 5.63. The molecule has 0 aromatic carbocycles. The number of carbonyl (C=O) groups is 1. The molecule has 0 spiro atoms. The van der Waals surface area contributed by atoms with Crippen LogP contribution in [0.4, 0.5) is 5.69 Å². The van der Waals surface area contributed by atoms with Gasteiger partial charge in [-0.2, -0.15) is 0 Å². The molecule has 0 unspecified atom stereocenters. The van der Waals surface area contributed by atoms with E-state index in [4.69, 9.17) is 11.6 Å². The highest BCUT2D eigenvalue weighted by Gasteiger charge is 2.18. The monoisotopic (exact) mass is 197 g/mol. The van der Waals surface area contributed by atoms with Gasteiger partial charge in [0, 0.05) is 13.0 Å². The molecule has 2 heterocycles. The standard InChI is InChI=1S/C8H8ClN3O/c9-7-2-1-6(5-10-7)12-4-3-8(13)11-12/h1-2,5H,3-4H2,(H,11,13). The van der Waals surface area contributed by atoms with E-state index in [1.807, 2.05) is 6.07 Å². The van der Waals surface area contributed by atoms with E-state index in [1.54, 1.807) is 17.3 Å². The van der Waals surface area contributed by atoms with Crippen LogP contribution in [-0.2, 0) is 4.79 Å². The second kappa shape index (κ2) is 3.22. The van der Waals surface area contributed by atoms with Gasteiger partial charge in [-0.3, -0.25) is 15.2 Å². The van der Waals surface area contributed by atoms with Crippen LogP contribution in [0, 0.1) is 0 Å².